The van der Waals surface area contributed by atoms with Crippen molar-refractivity contribution in [2.24, 2.45) is 0 Å². The lowest BCUT2D eigenvalue weighted by molar-refractivity contribution is 0.372. The standard InChI is InChI=1S/C11H11NO3/c1-5-6(2)12-10-7(13)4-8(15-3)11(14)9(5)10/h4,12-14H,1-2H2,3H3. The lowest BCUT2D eigenvalue weighted by Gasteiger charge is -2.05. The smallest absolute Gasteiger partial charge is 0.168 e. The lowest BCUT2D eigenvalue weighted by atomic mass is 10.2. The van der Waals surface area contributed by atoms with Crippen molar-refractivity contribution in [2.75, 3.05) is 7.11 Å². The molecule has 4 heteroatoms. The van der Waals surface area contributed by atoms with Crippen LogP contribution in [0.25, 0.3) is 24.1 Å². The molecule has 0 amide bonds. The lowest BCUT2D eigenvalue weighted by Crippen LogP contribution is -2.18. The van der Waals surface area contributed by atoms with E-state index in [1.165, 1.54) is 13.2 Å². The molecular formula is C11H11NO3. The summed E-state index contributed by atoms with van der Waals surface area (Å²) < 4.78 is 4.93. The third kappa shape index (κ3) is 1.15. The number of methoxy groups -OCH3 is 1. The van der Waals surface area contributed by atoms with Crippen LogP contribution in [0.5, 0.6) is 17.2 Å². The van der Waals surface area contributed by atoms with Crippen molar-refractivity contribution < 1.29 is 14.9 Å². The summed E-state index contributed by atoms with van der Waals surface area (Å²) in [6.45, 7) is 7.48. The molecule has 1 heterocycles. The second-order valence-electron chi connectivity index (χ2n) is 3.28. The van der Waals surface area contributed by atoms with Crippen molar-refractivity contribution in [1.29, 1.82) is 0 Å². The highest BCUT2D eigenvalue weighted by Crippen LogP contribution is 2.36. The Morgan fingerprint density at radius 1 is 1.33 bits per heavy atom. The average Bonchev–Trinajstić information content (AvgIpc) is 2.50. The predicted molar refractivity (Wildman–Crippen MR) is 58.5 cm³/mol. The van der Waals surface area contributed by atoms with Crippen molar-refractivity contribution in [3.63, 3.8) is 0 Å². The average molecular weight is 205 g/mol. The number of aromatic nitrogens is 1. The normalized spacial score (nSPS) is 10.7. The van der Waals surface area contributed by atoms with Crippen LogP contribution in [0, 0.1) is 0 Å². The van der Waals surface area contributed by atoms with Crippen LogP contribution in [0.3, 0.4) is 0 Å². The molecule has 0 saturated heterocycles. The number of aromatic amines is 1. The SMILES string of the molecule is C=c1[nH]c2c(O)cc(OC)c(O)c2c1=C. The topological polar surface area (TPSA) is 65.5 Å². The molecule has 78 valence electrons. The molecular weight excluding hydrogens is 194 g/mol. The molecule has 0 saturated carbocycles. The molecule has 0 fully saturated rings. The summed E-state index contributed by atoms with van der Waals surface area (Å²) in [4.78, 5) is 2.85. The fourth-order valence-corrected chi connectivity index (χ4v) is 1.59. The molecule has 0 atom stereocenters. The van der Waals surface area contributed by atoms with E-state index in [0.717, 1.165) is 0 Å². The van der Waals surface area contributed by atoms with Crippen LogP contribution in [-0.4, -0.2) is 22.3 Å². The van der Waals surface area contributed by atoms with Crippen LogP contribution >= 0.6 is 0 Å². The third-order valence-electron chi connectivity index (χ3n) is 2.41. The van der Waals surface area contributed by atoms with Gasteiger partial charge in [0.15, 0.2) is 11.5 Å². The first-order valence-corrected chi connectivity index (χ1v) is 4.34. The Hall–Kier alpha value is -2.10. The quantitative estimate of drug-likeness (QED) is 0.591. The van der Waals surface area contributed by atoms with Gasteiger partial charge in [0.05, 0.1) is 18.0 Å². The molecule has 0 aliphatic rings. The van der Waals surface area contributed by atoms with Crippen molar-refractivity contribution in [3.8, 4) is 17.2 Å². The summed E-state index contributed by atoms with van der Waals surface area (Å²) in [7, 11) is 1.42. The van der Waals surface area contributed by atoms with Gasteiger partial charge in [0.2, 0.25) is 0 Å². The Labute approximate surface area is 85.7 Å². The first kappa shape index (κ1) is 9.45. The van der Waals surface area contributed by atoms with Crippen LogP contribution in [-0.2, 0) is 0 Å². The number of hydrogen-bond donors (Lipinski definition) is 3. The third-order valence-corrected chi connectivity index (χ3v) is 2.41. The Balaban J connectivity index is 3.08. The van der Waals surface area contributed by atoms with Crippen molar-refractivity contribution in [3.05, 3.63) is 16.6 Å². The van der Waals surface area contributed by atoms with E-state index in [2.05, 4.69) is 18.1 Å². The fourth-order valence-electron chi connectivity index (χ4n) is 1.59. The molecule has 1 aromatic heterocycles. The molecule has 0 radical (unpaired) electrons. The number of nitrogens with one attached hydrogen (secondary N) is 1. The van der Waals surface area contributed by atoms with Gasteiger partial charge in [-0.15, -0.1) is 0 Å². The molecule has 2 rings (SSSR count). The van der Waals surface area contributed by atoms with Crippen LogP contribution in [0.15, 0.2) is 6.07 Å². The first-order valence-electron chi connectivity index (χ1n) is 4.34. The molecule has 0 spiro atoms. The monoisotopic (exact) mass is 205 g/mol. The second-order valence-corrected chi connectivity index (χ2v) is 3.28. The summed E-state index contributed by atoms with van der Waals surface area (Å²) in [5.41, 5.74) is 0.420. The van der Waals surface area contributed by atoms with Gasteiger partial charge < -0.3 is 19.9 Å². The maximum absolute atomic E-state index is 9.84. The second kappa shape index (κ2) is 2.95. The highest BCUT2D eigenvalue weighted by Gasteiger charge is 2.13. The summed E-state index contributed by atoms with van der Waals surface area (Å²) >= 11 is 0. The number of hydrogen-bond acceptors (Lipinski definition) is 3. The maximum atomic E-state index is 9.84. The highest BCUT2D eigenvalue weighted by atomic mass is 16.5. The minimum atomic E-state index is -0.0403. The Morgan fingerprint density at radius 3 is 2.60 bits per heavy atom. The number of H-pyrrole nitrogens is 1. The number of fused-ring (bicyclic) bond motifs is 1. The molecule has 15 heavy (non-hydrogen) atoms. The number of phenolic OH excluding ortho intramolecular Hbond substituents is 2. The van der Waals surface area contributed by atoms with E-state index in [4.69, 9.17) is 4.74 Å². The Kier molecular flexibility index (Phi) is 1.86. The molecule has 3 N–H and O–H groups in total. The van der Waals surface area contributed by atoms with Gasteiger partial charge in [-0.2, -0.15) is 0 Å². The van der Waals surface area contributed by atoms with E-state index in [-0.39, 0.29) is 17.2 Å². The van der Waals surface area contributed by atoms with E-state index in [1.54, 1.807) is 0 Å². The molecule has 4 nitrogen and oxygen atoms in total. The number of phenols is 2. The van der Waals surface area contributed by atoms with Crippen LogP contribution in [0.1, 0.15) is 0 Å². The van der Waals surface area contributed by atoms with E-state index in [1.807, 2.05) is 0 Å². The van der Waals surface area contributed by atoms with Gasteiger partial charge in [-0.3, -0.25) is 0 Å². The largest absolute Gasteiger partial charge is 0.506 e. The number of rotatable bonds is 1. The van der Waals surface area contributed by atoms with Gasteiger partial charge in [0, 0.05) is 16.6 Å². The zero-order valence-corrected chi connectivity index (χ0v) is 8.29. The van der Waals surface area contributed by atoms with Crippen molar-refractivity contribution in [2.45, 2.75) is 0 Å². The molecule has 0 bridgehead atoms. The van der Waals surface area contributed by atoms with E-state index < -0.39 is 0 Å². The zero-order chi connectivity index (χ0) is 11.2. The summed E-state index contributed by atoms with van der Waals surface area (Å²) in [6, 6.07) is 1.34. The Bertz CT molecular complexity index is 628. The molecule has 2 aromatic rings. The Morgan fingerprint density at radius 2 is 2.00 bits per heavy atom. The maximum Gasteiger partial charge on any atom is 0.168 e. The number of benzene rings is 1. The van der Waals surface area contributed by atoms with E-state index in [9.17, 15) is 10.2 Å². The predicted octanol–water partition coefficient (Wildman–Crippen LogP) is 0.408. The van der Waals surface area contributed by atoms with Crippen LogP contribution in [0.4, 0.5) is 0 Å². The highest BCUT2D eigenvalue weighted by molar-refractivity contribution is 5.93. The zero-order valence-electron chi connectivity index (χ0n) is 8.29. The minimum absolute atomic E-state index is 0.000509. The van der Waals surface area contributed by atoms with Gasteiger partial charge in [0.1, 0.15) is 5.75 Å². The minimum Gasteiger partial charge on any atom is -0.506 e. The van der Waals surface area contributed by atoms with Crippen LogP contribution < -0.4 is 15.3 Å². The van der Waals surface area contributed by atoms with Crippen molar-refractivity contribution in [1.82, 2.24) is 4.98 Å². The van der Waals surface area contributed by atoms with E-state index >= 15 is 0 Å². The fraction of sp³-hybridized carbons (Fsp3) is 0.0909. The van der Waals surface area contributed by atoms with Crippen LogP contribution in [0.2, 0.25) is 0 Å². The number of ether oxygens (including phenoxy) is 1. The molecule has 0 aliphatic heterocycles. The van der Waals surface area contributed by atoms with Gasteiger partial charge >= 0.3 is 0 Å². The molecule has 1 aromatic carbocycles. The summed E-state index contributed by atoms with van der Waals surface area (Å²) in [6.07, 6.45) is 0. The van der Waals surface area contributed by atoms with Gasteiger partial charge in [-0.25, -0.2) is 0 Å². The summed E-state index contributed by atoms with van der Waals surface area (Å²) in [5.74, 6) is 0.171. The molecule has 0 aliphatic carbocycles. The summed E-state index contributed by atoms with van der Waals surface area (Å²) in [5, 5.41) is 21.1. The van der Waals surface area contributed by atoms with Crippen molar-refractivity contribution >= 4 is 24.1 Å². The first-order chi connectivity index (χ1) is 7.06. The van der Waals surface area contributed by atoms with Gasteiger partial charge in [0.25, 0.3) is 0 Å². The molecule has 0 unspecified atom stereocenters. The van der Waals surface area contributed by atoms with Gasteiger partial charge in [-0.1, -0.05) is 13.2 Å². The van der Waals surface area contributed by atoms with E-state index in [0.29, 0.717) is 21.5 Å². The van der Waals surface area contributed by atoms with Gasteiger partial charge in [-0.05, 0) is 0 Å². The number of aromatic hydroxyl groups is 2.